The summed E-state index contributed by atoms with van der Waals surface area (Å²) in [4.78, 5) is 12.7. The zero-order chi connectivity index (χ0) is 23.0. The third-order valence-electron chi connectivity index (χ3n) is 4.91. The fourth-order valence-corrected chi connectivity index (χ4v) is 3.36. The second-order valence-electron chi connectivity index (χ2n) is 7.13. The Hall–Kier alpha value is -4.03. The molecule has 0 fully saturated rings. The summed E-state index contributed by atoms with van der Waals surface area (Å²) in [5.41, 5.74) is 5.64. The molecule has 0 bridgehead atoms. The molecule has 1 N–H and O–H groups in total. The van der Waals surface area contributed by atoms with Crippen molar-refractivity contribution in [3.05, 3.63) is 113 Å². The fourth-order valence-electron chi connectivity index (χ4n) is 3.24. The van der Waals surface area contributed by atoms with Crippen LogP contribution in [0.1, 0.15) is 21.5 Å². The largest absolute Gasteiger partial charge is 0.493 e. The number of halogens is 1. The minimum absolute atomic E-state index is 0.301. The Balaban J connectivity index is 1.41. The Bertz CT molecular complexity index is 1250. The van der Waals surface area contributed by atoms with E-state index in [0.29, 0.717) is 28.7 Å². The van der Waals surface area contributed by atoms with Crippen molar-refractivity contribution < 1.29 is 14.3 Å². The van der Waals surface area contributed by atoms with E-state index in [9.17, 15) is 4.79 Å². The highest BCUT2D eigenvalue weighted by atomic mass is 35.5. The number of carbonyl (C=O) groups is 1. The van der Waals surface area contributed by atoms with Gasteiger partial charge in [0.15, 0.2) is 11.5 Å². The number of nitrogens with zero attached hydrogens (tertiary/aromatic N) is 2. The van der Waals surface area contributed by atoms with Gasteiger partial charge in [-0.2, -0.15) is 5.10 Å². The van der Waals surface area contributed by atoms with Gasteiger partial charge in [0.05, 0.1) is 24.6 Å². The molecule has 1 aromatic heterocycles. The third kappa shape index (κ3) is 5.61. The highest BCUT2D eigenvalue weighted by Gasteiger charge is 2.11. The first-order chi connectivity index (χ1) is 16.1. The lowest BCUT2D eigenvalue weighted by molar-refractivity contribution is 0.0955. The average Bonchev–Trinajstić information content (AvgIpc) is 3.39. The van der Waals surface area contributed by atoms with E-state index in [2.05, 4.69) is 10.5 Å². The minimum Gasteiger partial charge on any atom is -0.493 e. The molecular weight excluding hydrogens is 438 g/mol. The maximum atomic E-state index is 12.7. The number of aromatic nitrogens is 1. The summed E-state index contributed by atoms with van der Waals surface area (Å²) in [7, 11) is 1.57. The van der Waals surface area contributed by atoms with Gasteiger partial charge in [0.1, 0.15) is 6.61 Å². The van der Waals surface area contributed by atoms with Crippen molar-refractivity contribution in [2.75, 3.05) is 7.11 Å². The molecule has 0 aliphatic rings. The zero-order valence-electron chi connectivity index (χ0n) is 17.9. The van der Waals surface area contributed by atoms with E-state index in [-0.39, 0.29) is 5.91 Å². The zero-order valence-corrected chi connectivity index (χ0v) is 18.7. The lowest BCUT2D eigenvalue weighted by atomic mass is 10.1. The van der Waals surface area contributed by atoms with Crippen molar-refractivity contribution in [1.29, 1.82) is 0 Å². The summed E-state index contributed by atoms with van der Waals surface area (Å²) < 4.78 is 13.2. The SMILES string of the molecule is COc1cc(/C=N/NC(=O)c2ccccc2-n2cccc2)ccc1OCc1ccc(Cl)cc1. The quantitative estimate of drug-likeness (QED) is 0.280. The van der Waals surface area contributed by atoms with Gasteiger partial charge in [-0.15, -0.1) is 0 Å². The molecule has 6 nitrogen and oxygen atoms in total. The van der Waals surface area contributed by atoms with Gasteiger partial charge in [-0.05, 0) is 65.7 Å². The number of nitrogens with one attached hydrogen (secondary N) is 1. The summed E-state index contributed by atoms with van der Waals surface area (Å²) in [5.74, 6) is 0.872. The highest BCUT2D eigenvalue weighted by molar-refractivity contribution is 6.30. The number of hydrogen-bond donors (Lipinski definition) is 1. The van der Waals surface area contributed by atoms with Crippen LogP contribution in [0.25, 0.3) is 5.69 Å². The van der Waals surface area contributed by atoms with Crippen LogP contribution < -0.4 is 14.9 Å². The van der Waals surface area contributed by atoms with Crippen LogP contribution in [0.2, 0.25) is 5.02 Å². The maximum absolute atomic E-state index is 12.7. The van der Waals surface area contributed by atoms with Crippen molar-refractivity contribution in [3.8, 4) is 17.2 Å². The van der Waals surface area contributed by atoms with Crippen molar-refractivity contribution in [2.45, 2.75) is 6.61 Å². The van der Waals surface area contributed by atoms with Crippen molar-refractivity contribution in [1.82, 2.24) is 9.99 Å². The topological polar surface area (TPSA) is 64.8 Å². The Labute approximate surface area is 197 Å². The molecule has 4 rings (SSSR count). The van der Waals surface area contributed by atoms with Crippen LogP contribution in [0, 0.1) is 0 Å². The predicted octanol–water partition coefficient (Wildman–Crippen LogP) is 5.48. The molecule has 0 aliphatic heterocycles. The number of rotatable bonds is 8. The van der Waals surface area contributed by atoms with Gasteiger partial charge in [-0.3, -0.25) is 4.79 Å². The Morgan fingerprint density at radius 3 is 2.52 bits per heavy atom. The first-order valence-electron chi connectivity index (χ1n) is 10.2. The molecule has 0 aliphatic carbocycles. The Morgan fingerprint density at radius 2 is 1.76 bits per heavy atom. The average molecular weight is 460 g/mol. The normalized spacial score (nSPS) is 10.8. The van der Waals surface area contributed by atoms with Crippen LogP contribution in [-0.4, -0.2) is 23.8 Å². The molecule has 166 valence electrons. The van der Waals surface area contributed by atoms with Crippen LogP contribution in [0.4, 0.5) is 0 Å². The Kier molecular flexibility index (Phi) is 7.07. The van der Waals surface area contributed by atoms with Gasteiger partial charge < -0.3 is 14.0 Å². The second kappa shape index (κ2) is 10.5. The molecule has 33 heavy (non-hydrogen) atoms. The summed E-state index contributed by atoms with van der Waals surface area (Å²) in [6, 6.07) is 24.1. The first kappa shape index (κ1) is 22.2. The highest BCUT2D eigenvalue weighted by Crippen LogP contribution is 2.28. The van der Waals surface area contributed by atoms with Gasteiger partial charge in [0.2, 0.25) is 0 Å². The molecule has 7 heteroatoms. The van der Waals surface area contributed by atoms with E-state index in [4.69, 9.17) is 21.1 Å². The second-order valence-corrected chi connectivity index (χ2v) is 7.57. The fraction of sp³-hybridized carbons (Fsp3) is 0.0769. The van der Waals surface area contributed by atoms with E-state index >= 15 is 0 Å². The molecule has 0 unspecified atom stereocenters. The predicted molar refractivity (Wildman–Crippen MR) is 130 cm³/mol. The standard InChI is InChI=1S/C26H22ClN3O3/c1-32-25-16-20(10-13-24(25)33-18-19-8-11-21(27)12-9-19)17-28-29-26(31)22-6-2-3-7-23(22)30-14-4-5-15-30/h2-17H,18H2,1H3,(H,29,31)/b28-17+. The molecular formula is C26H22ClN3O3. The smallest absolute Gasteiger partial charge is 0.273 e. The summed E-state index contributed by atoms with van der Waals surface area (Å²) >= 11 is 5.92. The monoisotopic (exact) mass is 459 g/mol. The minimum atomic E-state index is -0.301. The molecule has 1 heterocycles. The number of para-hydroxylation sites is 1. The van der Waals surface area contributed by atoms with Crippen molar-refractivity contribution >= 4 is 23.7 Å². The summed E-state index contributed by atoms with van der Waals surface area (Å²) in [6.07, 6.45) is 5.33. The number of benzene rings is 3. The van der Waals surface area contributed by atoms with Gasteiger partial charge in [0.25, 0.3) is 5.91 Å². The number of methoxy groups -OCH3 is 1. The van der Waals surface area contributed by atoms with Gasteiger partial charge >= 0.3 is 0 Å². The van der Waals surface area contributed by atoms with Crippen LogP contribution in [0.15, 0.2) is 96.4 Å². The van der Waals surface area contributed by atoms with Gasteiger partial charge in [-0.25, -0.2) is 5.43 Å². The molecule has 0 saturated heterocycles. The molecule has 1 amide bonds. The summed E-state index contributed by atoms with van der Waals surface area (Å²) in [6.45, 7) is 0.387. The van der Waals surface area contributed by atoms with E-state index in [1.54, 1.807) is 31.5 Å². The third-order valence-corrected chi connectivity index (χ3v) is 5.16. The molecule has 0 radical (unpaired) electrons. The van der Waals surface area contributed by atoms with E-state index in [1.165, 1.54) is 0 Å². The maximum Gasteiger partial charge on any atom is 0.273 e. The number of carbonyl (C=O) groups excluding carboxylic acids is 1. The van der Waals surface area contributed by atoms with Crippen LogP contribution in [0.3, 0.4) is 0 Å². The van der Waals surface area contributed by atoms with E-state index in [1.807, 2.05) is 77.6 Å². The van der Waals surface area contributed by atoms with Crippen LogP contribution >= 0.6 is 11.6 Å². The van der Waals surface area contributed by atoms with Gasteiger partial charge in [0, 0.05) is 17.4 Å². The number of hydrogen-bond acceptors (Lipinski definition) is 4. The Morgan fingerprint density at radius 1 is 1.00 bits per heavy atom. The number of ether oxygens (including phenoxy) is 2. The lowest BCUT2D eigenvalue weighted by Gasteiger charge is -2.11. The van der Waals surface area contributed by atoms with Gasteiger partial charge in [-0.1, -0.05) is 35.9 Å². The van der Waals surface area contributed by atoms with Crippen molar-refractivity contribution in [3.63, 3.8) is 0 Å². The molecule has 4 aromatic rings. The molecule has 0 atom stereocenters. The van der Waals surface area contributed by atoms with Crippen LogP contribution in [-0.2, 0) is 6.61 Å². The first-order valence-corrected chi connectivity index (χ1v) is 10.6. The number of amides is 1. The number of hydrazone groups is 1. The van der Waals surface area contributed by atoms with Crippen LogP contribution in [0.5, 0.6) is 11.5 Å². The molecule has 0 spiro atoms. The van der Waals surface area contributed by atoms with E-state index in [0.717, 1.165) is 16.8 Å². The van der Waals surface area contributed by atoms with E-state index < -0.39 is 0 Å². The molecule has 3 aromatic carbocycles. The lowest BCUT2D eigenvalue weighted by Crippen LogP contribution is -2.19. The summed E-state index contributed by atoms with van der Waals surface area (Å²) in [5, 5.41) is 4.79. The molecule has 0 saturated carbocycles. The van der Waals surface area contributed by atoms with Crippen molar-refractivity contribution in [2.24, 2.45) is 5.10 Å².